The van der Waals surface area contributed by atoms with Crippen molar-refractivity contribution in [2.75, 3.05) is 14.1 Å². The Morgan fingerprint density at radius 2 is 1.60 bits per heavy atom. The lowest BCUT2D eigenvalue weighted by atomic mass is 9.82. The van der Waals surface area contributed by atoms with E-state index in [1.165, 1.54) is 30.4 Å². The number of hydrogen-bond donors (Lipinski definition) is 0. The fourth-order valence-corrected chi connectivity index (χ4v) is 4.37. The van der Waals surface area contributed by atoms with E-state index >= 15 is 0 Å². The molecule has 25 heavy (non-hydrogen) atoms. The van der Waals surface area contributed by atoms with E-state index < -0.39 is 0 Å². The SMILES string of the molecule is CN(C)Cc1ccc([C@H]2CC[C@H](OC(=O)C3CCCCC3)CC2)cc1. The quantitative estimate of drug-likeness (QED) is 0.712. The van der Waals surface area contributed by atoms with Crippen LogP contribution in [0.25, 0.3) is 0 Å². The third-order valence-corrected chi connectivity index (χ3v) is 5.85. The van der Waals surface area contributed by atoms with Crippen molar-refractivity contribution >= 4 is 5.97 Å². The molecular formula is C22H33NO2. The molecule has 0 amide bonds. The molecule has 138 valence electrons. The molecule has 0 bridgehead atoms. The summed E-state index contributed by atoms with van der Waals surface area (Å²) in [6, 6.07) is 9.09. The number of carbonyl (C=O) groups is 1. The summed E-state index contributed by atoms with van der Waals surface area (Å²) >= 11 is 0. The molecule has 0 spiro atoms. The molecule has 0 aliphatic heterocycles. The van der Waals surface area contributed by atoms with Crippen LogP contribution in [0.4, 0.5) is 0 Å². The van der Waals surface area contributed by atoms with Crippen LogP contribution in [0.15, 0.2) is 24.3 Å². The van der Waals surface area contributed by atoms with Gasteiger partial charge >= 0.3 is 5.97 Å². The Kier molecular flexibility index (Phi) is 6.52. The Balaban J connectivity index is 1.45. The van der Waals surface area contributed by atoms with Gasteiger partial charge in [-0.3, -0.25) is 4.79 Å². The van der Waals surface area contributed by atoms with Crippen LogP contribution in [-0.4, -0.2) is 31.1 Å². The van der Waals surface area contributed by atoms with Crippen molar-refractivity contribution < 1.29 is 9.53 Å². The number of esters is 1. The molecule has 2 aliphatic rings. The maximum Gasteiger partial charge on any atom is 0.309 e. The standard InChI is InChI=1S/C22H33NO2/c1-23(2)16-17-8-10-18(11-9-17)19-12-14-21(15-13-19)25-22(24)20-6-4-3-5-7-20/h8-11,19-21H,3-7,12-16H2,1-2H3/t19-,21-. The average Bonchev–Trinajstić information content (AvgIpc) is 2.63. The van der Waals surface area contributed by atoms with Gasteiger partial charge in [-0.15, -0.1) is 0 Å². The third-order valence-electron chi connectivity index (χ3n) is 5.85. The molecule has 1 aromatic rings. The van der Waals surface area contributed by atoms with Gasteiger partial charge in [-0.05, 0) is 69.7 Å². The highest BCUT2D eigenvalue weighted by Gasteiger charge is 2.28. The van der Waals surface area contributed by atoms with E-state index in [4.69, 9.17) is 4.74 Å². The summed E-state index contributed by atoms with van der Waals surface area (Å²) in [6.45, 7) is 0.990. The Bertz CT molecular complexity index is 538. The van der Waals surface area contributed by atoms with Gasteiger partial charge in [-0.2, -0.15) is 0 Å². The van der Waals surface area contributed by atoms with E-state index in [-0.39, 0.29) is 18.0 Å². The van der Waals surface area contributed by atoms with Gasteiger partial charge in [0.05, 0.1) is 5.92 Å². The second kappa shape index (κ2) is 8.84. The van der Waals surface area contributed by atoms with Gasteiger partial charge in [-0.25, -0.2) is 0 Å². The largest absolute Gasteiger partial charge is 0.462 e. The normalized spacial score (nSPS) is 25.1. The molecule has 0 aromatic heterocycles. The summed E-state index contributed by atoms with van der Waals surface area (Å²) in [5.74, 6) is 0.880. The molecule has 0 heterocycles. The first-order valence-electron chi connectivity index (χ1n) is 10.1. The van der Waals surface area contributed by atoms with Gasteiger partial charge in [0, 0.05) is 6.54 Å². The Labute approximate surface area is 152 Å². The van der Waals surface area contributed by atoms with Crippen molar-refractivity contribution in [2.24, 2.45) is 5.92 Å². The van der Waals surface area contributed by atoms with Gasteiger partial charge in [0.25, 0.3) is 0 Å². The average molecular weight is 344 g/mol. The molecule has 0 radical (unpaired) electrons. The summed E-state index contributed by atoms with van der Waals surface area (Å²) in [5, 5.41) is 0. The molecule has 2 aliphatic carbocycles. The number of benzene rings is 1. The zero-order chi connectivity index (χ0) is 17.6. The maximum atomic E-state index is 12.3. The summed E-state index contributed by atoms with van der Waals surface area (Å²) in [4.78, 5) is 14.5. The minimum Gasteiger partial charge on any atom is -0.462 e. The molecular weight excluding hydrogens is 310 g/mol. The smallest absolute Gasteiger partial charge is 0.309 e. The first-order valence-corrected chi connectivity index (χ1v) is 10.1. The minimum absolute atomic E-state index is 0.0798. The van der Waals surface area contributed by atoms with Crippen LogP contribution in [0.5, 0.6) is 0 Å². The Morgan fingerprint density at radius 1 is 0.960 bits per heavy atom. The zero-order valence-corrected chi connectivity index (χ0v) is 15.9. The number of nitrogens with zero attached hydrogens (tertiary/aromatic N) is 1. The van der Waals surface area contributed by atoms with Crippen molar-refractivity contribution in [3.8, 4) is 0 Å². The molecule has 2 fully saturated rings. The molecule has 0 atom stereocenters. The van der Waals surface area contributed by atoms with E-state index in [0.717, 1.165) is 45.1 Å². The minimum atomic E-state index is 0.0798. The first kappa shape index (κ1) is 18.4. The molecule has 3 nitrogen and oxygen atoms in total. The van der Waals surface area contributed by atoms with E-state index in [2.05, 4.69) is 43.3 Å². The molecule has 3 rings (SSSR count). The number of hydrogen-bond acceptors (Lipinski definition) is 3. The van der Waals surface area contributed by atoms with Gasteiger partial charge < -0.3 is 9.64 Å². The highest BCUT2D eigenvalue weighted by atomic mass is 16.5. The van der Waals surface area contributed by atoms with Crippen molar-refractivity contribution in [1.82, 2.24) is 4.90 Å². The van der Waals surface area contributed by atoms with Crippen molar-refractivity contribution in [3.63, 3.8) is 0 Å². The predicted octanol–water partition coefficient (Wildman–Crippen LogP) is 4.90. The van der Waals surface area contributed by atoms with Gasteiger partial charge in [0.1, 0.15) is 6.10 Å². The van der Waals surface area contributed by atoms with Gasteiger partial charge in [0.15, 0.2) is 0 Å². The van der Waals surface area contributed by atoms with Crippen molar-refractivity contribution in [1.29, 1.82) is 0 Å². The van der Waals surface area contributed by atoms with E-state index in [0.29, 0.717) is 5.92 Å². The van der Waals surface area contributed by atoms with Crippen molar-refractivity contribution in [3.05, 3.63) is 35.4 Å². The highest BCUT2D eigenvalue weighted by molar-refractivity contribution is 5.72. The van der Waals surface area contributed by atoms with Crippen LogP contribution in [0.1, 0.15) is 74.8 Å². The predicted molar refractivity (Wildman–Crippen MR) is 101 cm³/mol. The lowest BCUT2D eigenvalue weighted by molar-refractivity contribution is -0.156. The molecule has 0 N–H and O–H groups in total. The number of rotatable bonds is 5. The zero-order valence-electron chi connectivity index (χ0n) is 15.9. The third kappa shape index (κ3) is 5.31. The fourth-order valence-electron chi connectivity index (χ4n) is 4.37. The van der Waals surface area contributed by atoms with Crippen LogP contribution in [-0.2, 0) is 16.1 Å². The molecule has 2 saturated carbocycles. The molecule has 3 heteroatoms. The highest BCUT2D eigenvalue weighted by Crippen LogP contribution is 2.35. The van der Waals surface area contributed by atoms with E-state index in [1.807, 2.05) is 0 Å². The number of ether oxygens (including phenoxy) is 1. The van der Waals surface area contributed by atoms with Crippen LogP contribution in [0.2, 0.25) is 0 Å². The monoisotopic (exact) mass is 343 g/mol. The van der Waals surface area contributed by atoms with Crippen LogP contribution in [0, 0.1) is 5.92 Å². The van der Waals surface area contributed by atoms with Crippen LogP contribution in [0.3, 0.4) is 0 Å². The second-order valence-electron chi connectivity index (χ2n) is 8.22. The van der Waals surface area contributed by atoms with E-state index in [1.54, 1.807) is 0 Å². The lowest BCUT2D eigenvalue weighted by Crippen LogP contribution is -2.28. The van der Waals surface area contributed by atoms with E-state index in [9.17, 15) is 4.79 Å². The summed E-state index contributed by atoms with van der Waals surface area (Å²) in [5.41, 5.74) is 2.81. The second-order valence-corrected chi connectivity index (χ2v) is 8.22. The van der Waals surface area contributed by atoms with Gasteiger partial charge in [0.2, 0.25) is 0 Å². The Hall–Kier alpha value is -1.35. The maximum absolute atomic E-state index is 12.3. The summed E-state index contributed by atoms with van der Waals surface area (Å²) in [6.07, 6.45) is 10.2. The fraction of sp³-hybridized carbons (Fsp3) is 0.682. The molecule has 1 aromatic carbocycles. The topological polar surface area (TPSA) is 29.5 Å². The first-order chi connectivity index (χ1) is 12.1. The van der Waals surface area contributed by atoms with Crippen LogP contribution < -0.4 is 0 Å². The summed E-state index contributed by atoms with van der Waals surface area (Å²) < 4.78 is 5.83. The molecule has 0 saturated heterocycles. The van der Waals surface area contributed by atoms with Gasteiger partial charge in [-0.1, -0.05) is 43.5 Å². The molecule has 0 unspecified atom stereocenters. The lowest BCUT2D eigenvalue weighted by Gasteiger charge is -2.30. The number of carbonyl (C=O) groups excluding carboxylic acids is 1. The van der Waals surface area contributed by atoms with Crippen LogP contribution >= 0.6 is 0 Å². The van der Waals surface area contributed by atoms with Crippen molar-refractivity contribution in [2.45, 2.75) is 76.4 Å². The Morgan fingerprint density at radius 3 is 2.20 bits per heavy atom. The summed E-state index contributed by atoms with van der Waals surface area (Å²) in [7, 11) is 4.20.